The quantitative estimate of drug-likeness (QED) is 0.448. The molecule has 1 aliphatic rings. The van der Waals surface area contributed by atoms with E-state index in [-0.39, 0.29) is 11.1 Å². The average molecular weight is 543 g/mol. The van der Waals surface area contributed by atoms with Gasteiger partial charge in [0.2, 0.25) is 0 Å². The van der Waals surface area contributed by atoms with Gasteiger partial charge >= 0.3 is 6.03 Å². The molecule has 8 nitrogen and oxygen atoms in total. The van der Waals surface area contributed by atoms with Gasteiger partial charge in [-0.1, -0.05) is 32.9 Å². The van der Waals surface area contributed by atoms with E-state index in [1.165, 1.54) is 23.1 Å². The fourth-order valence-electron chi connectivity index (χ4n) is 4.38. The van der Waals surface area contributed by atoms with Crippen LogP contribution in [0.1, 0.15) is 49.3 Å². The Labute approximate surface area is 225 Å². The van der Waals surface area contributed by atoms with Crippen LogP contribution in [0.3, 0.4) is 0 Å². The zero-order valence-corrected chi connectivity index (χ0v) is 22.5. The van der Waals surface area contributed by atoms with Crippen molar-refractivity contribution >= 4 is 23.4 Å². The van der Waals surface area contributed by atoms with E-state index in [9.17, 15) is 22.8 Å². The minimum Gasteiger partial charge on any atom is -0.336 e. The predicted molar refractivity (Wildman–Crippen MR) is 143 cm³/mol. The predicted octanol–water partition coefficient (Wildman–Crippen LogP) is 5.22. The van der Waals surface area contributed by atoms with E-state index >= 15 is 0 Å². The zero-order valence-electron chi connectivity index (χ0n) is 22.5. The Kier molecular flexibility index (Phi) is 8.29. The van der Waals surface area contributed by atoms with Gasteiger partial charge in [0.05, 0.1) is 11.4 Å². The number of halogens is 3. The third kappa shape index (κ3) is 6.59. The smallest absolute Gasteiger partial charge is 0.324 e. The van der Waals surface area contributed by atoms with Crippen LogP contribution < -0.4 is 10.6 Å². The largest absolute Gasteiger partial charge is 0.336 e. The molecule has 3 aromatic rings. The molecule has 0 radical (unpaired) electrons. The van der Waals surface area contributed by atoms with Crippen molar-refractivity contribution < 1.29 is 22.8 Å². The Bertz CT molecular complexity index is 1340. The second kappa shape index (κ2) is 11.5. The summed E-state index contributed by atoms with van der Waals surface area (Å²) in [4.78, 5) is 28.6. The molecule has 1 fully saturated rings. The molecule has 39 heavy (non-hydrogen) atoms. The van der Waals surface area contributed by atoms with Crippen LogP contribution in [0.5, 0.6) is 0 Å². The lowest BCUT2D eigenvalue weighted by atomic mass is 9.92. The van der Waals surface area contributed by atoms with E-state index in [2.05, 4.69) is 15.7 Å². The number of nitrogens with zero attached hydrogens (tertiary/aromatic N) is 4. The van der Waals surface area contributed by atoms with Gasteiger partial charge in [-0.25, -0.2) is 22.6 Å². The van der Waals surface area contributed by atoms with Gasteiger partial charge in [-0.2, -0.15) is 5.10 Å². The standard InChI is InChI=1S/C28H33F3N6O2/c1-5-37-24(16-23(34-37)28(2,3)4)33-27(39)32-22-10-9-18(15-21(22)31)17-35-11-13-36(14-12-35)26(38)25-19(29)7-6-8-20(25)30/h6-10,15-16H,5,11-14,17H2,1-4H3,(H2,32,33,39). The number of aryl methyl sites for hydroxylation is 1. The highest BCUT2D eigenvalue weighted by Gasteiger charge is 2.27. The van der Waals surface area contributed by atoms with Crippen molar-refractivity contribution in [3.8, 4) is 0 Å². The Morgan fingerprint density at radius 1 is 0.923 bits per heavy atom. The fraction of sp³-hybridized carbons (Fsp3) is 0.393. The molecule has 2 heterocycles. The van der Waals surface area contributed by atoms with Crippen molar-refractivity contribution in [2.24, 2.45) is 0 Å². The van der Waals surface area contributed by atoms with Crippen molar-refractivity contribution in [2.75, 3.05) is 36.8 Å². The van der Waals surface area contributed by atoms with E-state index in [0.717, 1.165) is 17.8 Å². The maximum absolute atomic E-state index is 14.8. The number of anilines is 2. The highest BCUT2D eigenvalue weighted by molar-refractivity contribution is 5.99. The van der Waals surface area contributed by atoms with Crippen LogP contribution in [0.15, 0.2) is 42.5 Å². The van der Waals surface area contributed by atoms with Gasteiger partial charge in [-0.3, -0.25) is 15.0 Å². The molecule has 3 amide bonds. The van der Waals surface area contributed by atoms with Crippen molar-refractivity contribution in [1.82, 2.24) is 19.6 Å². The number of rotatable bonds is 6. The zero-order chi connectivity index (χ0) is 28.3. The van der Waals surface area contributed by atoms with Gasteiger partial charge in [0.1, 0.15) is 28.8 Å². The number of piperazine rings is 1. The number of carbonyl (C=O) groups excluding carboxylic acids is 2. The molecule has 1 aliphatic heterocycles. The highest BCUT2D eigenvalue weighted by Crippen LogP contribution is 2.25. The van der Waals surface area contributed by atoms with E-state index < -0.39 is 35.0 Å². The number of urea groups is 1. The fourth-order valence-corrected chi connectivity index (χ4v) is 4.38. The van der Waals surface area contributed by atoms with Crippen molar-refractivity contribution in [1.29, 1.82) is 0 Å². The first-order chi connectivity index (χ1) is 18.5. The minimum atomic E-state index is -0.883. The summed E-state index contributed by atoms with van der Waals surface area (Å²) in [6, 6.07) is 9.15. The lowest BCUT2D eigenvalue weighted by molar-refractivity contribution is 0.0619. The Hall–Kier alpha value is -3.86. The lowest BCUT2D eigenvalue weighted by Gasteiger charge is -2.35. The summed E-state index contributed by atoms with van der Waals surface area (Å²) in [6.07, 6.45) is 0. The highest BCUT2D eigenvalue weighted by atomic mass is 19.1. The molecule has 0 atom stereocenters. The van der Waals surface area contributed by atoms with E-state index in [1.54, 1.807) is 10.7 Å². The summed E-state index contributed by atoms with van der Waals surface area (Å²) in [7, 11) is 0. The number of carbonyl (C=O) groups is 2. The summed E-state index contributed by atoms with van der Waals surface area (Å²) >= 11 is 0. The monoisotopic (exact) mass is 542 g/mol. The minimum absolute atomic E-state index is 0.0391. The van der Waals surface area contributed by atoms with E-state index in [1.807, 2.05) is 38.7 Å². The third-order valence-corrected chi connectivity index (χ3v) is 6.61. The molecule has 0 spiro atoms. The van der Waals surface area contributed by atoms with Crippen molar-refractivity contribution in [3.05, 3.63) is 76.7 Å². The summed E-state index contributed by atoms with van der Waals surface area (Å²) in [5.74, 6) is -2.50. The summed E-state index contributed by atoms with van der Waals surface area (Å²) < 4.78 is 44.5. The van der Waals surface area contributed by atoms with Gasteiger partial charge < -0.3 is 10.2 Å². The number of amides is 3. The first-order valence-corrected chi connectivity index (χ1v) is 12.9. The number of hydrogen-bond donors (Lipinski definition) is 2. The van der Waals surface area contributed by atoms with Gasteiger partial charge in [0.25, 0.3) is 5.91 Å². The van der Waals surface area contributed by atoms with Crippen molar-refractivity contribution in [2.45, 2.75) is 46.2 Å². The molecular weight excluding hydrogens is 509 g/mol. The van der Waals surface area contributed by atoms with Crippen LogP contribution in [-0.4, -0.2) is 57.7 Å². The molecule has 2 aromatic carbocycles. The maximum Gasteiger partial charge on any atom is 0.324 e. The maximum atomic E-state index is 14.8. The van der Waals surface area contributed by atoms with Gasteiger partial charge in [-0.15, -0.1) is 0 Å². The lowest BCUT2D eigenvalue weighted by Crippen LogP contribution is -2.48. The topological polar surface area (TPSA) is 82.5 Å². The second-order valence-corrected chi connectivity index (χ2v) is 10.5. The Morgan fingerprint density at radius 2 is 1.59 bits per heavy atom. The Balaban J connectivity index is 1.32. The van der Waals surface area contributed by atoms with Crippen LogP contribution >= 0.6 is 0 Å². The van der Waals surface area contributed by atoms with Crippen LogP contribution in [0.25, 0.3) is 0 Å². The summed E-state index contributed by atoms with van der Waals surface area (Å²) in [5.41, 5.74) is 0.831. The molecule has 11 heteroatoms. The number of hydrogen-bond acceptors (Lipinski definition) is 4. The van der Waals surface area contributed by atoms with Crippen molar-refractivity contribution in [3.63, 3.8) is 0 Å². The third-order valence-electron chi connectivity index (χ3n) is 6.61. The molecule has 208 valence electrons. The first kappa shape index (κ1) is 28.2. The molecule has 0 bridgehead atoms. The van der Waals surface area contributed by atoms with E-state index in [0.29, 0.717) is 50.6 Å². The molecule has 2 N–H and O–H groups in total. The molecule has 1 saturated heterocycles. The average Bonchev–Trinajstić information content (AvgIpc) is 3.29. The van der Waals surface area contributed by atoms with Crippen LogP contribution in [0.4, 0.5) is 29.5 Å². The summed E-state index contributed by atoms with van der Waals surface area (Å²) in [5, 5.41) is 9.81. The molecule has 0 saturated carbocycles. The number of nitrogens with one attached hydrogen (secondary N) is 2. The molecule has 4 rings (SSSR count). The van der Waals surface area contributed by atoms with Crippen LogP contribution in [0, 0.1) is 17.5 Å². The number of aromatic nitrogens is 2. The number of benzene rings is 2. The normalized spacial score (nSPS) is 14.4. The summed E-state index contributed by atoms with van der Waals surface area (Å²) in [6.45, 7) is 10.5. The second-order valence-electron chi connectivity index (χ2n) is 10.5. The first-order valence-electron chi connectivity index (χ1n) is 12.9. The van der Waals surface area contributed by atoms with E-state index in [4.69, 9.17) is 0 Å². The SMILES string of the molecule is CCn1nc(C(C)(C)C)cc1NC(=O)Nc1ccc(CN2CCN(C(=O)c3c(F)cccc3F)CC2)cc1F. The molecule has 0 aliphatic carbocycles. The van der Waals surface area contributed by atoms with Gasteiger partial charge in [0, 0.05) is 50.7 Å². The molecule has 0 unspecified atom stereocenters. The molecular formula is C28H33F3N6O2. The van der Waals surface area contributed by atoms with Crippen LogP contribution in [0.2, 0.25) is 0 Å². The molecule has 1 aromatic heterocycles. The van der Waals surface area contributed by atoms with Gasteiger partial charge in [-0.05, 0) is 36.8 Å². The Morgan fingerprint density at radius 3 is 2.18 bits per heavy atom. The van der Waals surface area contributed by atoms with Crippen LogP contribution in [-0.2, 0) is 18.5 Å². The van der Waals surface area contributed by atoms with Gasteiger partial charge in [0.15, 0.2) is 0 Å².